The molecule has 2 heteroatoms. The molecule has 0 amide bonds. The van der Waals surface area contributed by atoms with E-state index >= 15 is 0 Å². The van der Waals surface area contributed by atoms with Gasteiger partial charge in [0.15, 0.2) is 0 Å². The van der Waals surface area contributed by atoms with E-state index in [0.717, 1.165) is 18.4 Å². The minimum atomic E-state index is 0. The molecule has 0 heterocycles. The molecule has 11 heavy (non-hydrogen) atoms. The zero-order chi connectivity index (χ0) is 6.97. The van der Waals surface area contributed by atoms with Crippen LogP contribution in [0.2, 0.25) is 0 Å². The molecule has 2 rings (SSSR count). The van der Waals surface area contributed by atoms with Gasteiger partial charge in [-0.1, -0.05) is 24.3 Å². The average Bonchev–Trinajstić information content (AvgIpc) is 2.34. The maximum atomic E-state index is 9.30. The summed E-state index contributed by atoms with van der Waals surface area (Å²) in [6.07, 6.45) is 1.82. The van der Waals surface area contributed by atoms with Crippen LogP contribution in [0.3, 0.4) is 0 Å². The summed E-state index contributed by atoms with van der Waals surface area (Å²) in [5.41, 5.74) is 2.87. The van der Waals surface area contributed by atoms with E-state index in [1.807, 2.05) is 18.2 Å². The third-order valence-electron chi connectivity index (χ3n) is 1.96. The molecule has 1 aliphatic rings. The SMILES string of the molecule is [N-]=C1CCc2ccccc21.[U]. The summed E-state index contributed by atoms with van der Waals surface area (Å²) >= 11 is 0. The predicted octanol–water partition coefficient (Wildman–Crippen LogP) is 1.99. The second-order valence-corrected chi connectivity index (χ2v) is 2.60. The van der Waals surface area contributed by atoms with Crippen molar-refractivity contribution in [2.24, 2.45) is 0 Å². The van der Waals surface area contributed by atoms with Gasteiger partial charge in [0.05, 0.1) is 0 Å². The van der Waals surface area contributed by atoms with Crippen molar-refractivity contribution in [3.05, 3.63) is 40.8 Å². The molecule has 1 nitrogen and oxygen atoms in total. The molecule has 0 aliphatic heterocycles. The topological polar surface area (TPSA) is 22.3 Å². The summed E-state index contributed by atoms with van der Waals surface area (Å²) in [4.78, 5) is 0. The molecule has 1 aromatic rings. The quantitative estimate of drug-likeness (QED) is 0.669. The number of hydrogen-bond acceptors (Lipinski definition) is 0. The van der Waals surface area contributed by atoms with Crippen molar-refractivity contribution in [2.75, 3.05) is 0 Å². The van der Waals surface area contributed by atoms with Crippen LogP contribution in [0.1, 0.15) is 17.5 Å². The van der Waals surface area contributed by atoms with Crippen LogP contribution in [0.4, 0.5) is 0 Å². The molecule has 0 aromatic heterocycles. The van der Waals surface area contributed by atoms with Gasteiger partial charge in [-0.15, -0.1) is 0 Å². The van der Waals surface area contributed by atoms with Gasteiger partial charge in [0.25, 0.3) is 0 Å². The van der Waals surface area contributed by atoms with Crippen molar-refractivity contribution >= 4 is 5.71 Å². The Labute approximate surface area is 90.1 Å². The van der Waals surface area contributed by atoms with Gasteiger partial charge in [0, 0.05) is 31.1 Å². The van der Waals surface area contributed by atoms with E-state index in [1.54, 1.807) is 0 Å². The largest absolute Gasteiger partial charge is 0.807 e. The van der Waals surface area contributed by atoms with Gasteiger partial charge in [0.1, 0.15) is 0 Å². The fourth-order valence-electron chi connectivity index (χ4n) is 1.41. The number of nitrogens with zero attached hydrogens (tertiary/aromatic N) is 1. The van der Waals surface area contributed by atoms with Gasteiger partial charge >= 0.3 is 0 Å². The Morgan fingerprint density at radius 3 is 2.55 bits per heavy atom. The summed E-state index contributed by atoms with van der Waals surface area (Å²) in [6.45, 7) is 0. The molecule has 54 valence electrons. The first-order valence-corrected chi connectivity index (χ1v) is 3.51. The van der Waals surface area contributed by atoms with Crippen LogP contribution in [0.15, 0.2) is 24.3 Å². The standard InChI is InChI=1S/C9H8N.U/c10-9-6-5-7-3-1-2-4-8(7)9;/h1-4H,5-6H2;/q-1;. The van der Waals surface area contributed by atoms with Gasteiger partial charge in [-0.2, -0.15) is 5.71 Å². The molecule has 0 spiro atoms. The Kier molecular flexibility index (Phi) is 2.92. The molecule has 0 saturated carbocycles. The second-order valence-electron chi connectivity index (χ2n) is 2.60. The predicted molar refractivity (Wildman–Crippen MR) is 42.2 cm³/mol. The Bertz CT molecular complexity index is 281. The third kappa shape index (κ3) is 1.58. The van der Waals surface area contributed by atoms with Gasteiger partial charge in [-0.3, -0.25) is 0 Å². The molecule has 1 aliphatic carbocycles. The fourth-order valence-corrected chi connectivity index (χ4v) is 1.41. The molecule has 0 bridgehead atoms. The fraction of sp³-hybridized carbons (Fsp3) is 0.222. The molecular formula is C9H8NU-. The van der Waals surface area contributed by atoms with Crippen molar-refractivity contribution in [3.8, 4) is 0 Å². The van der Waals surface area contributed by atoms with E-state index in [2.05, 4.69) is 6.07 Å². The number of hydrogen-bond donors (Lipinski definition) is 0. The summed E-state index contributed by atoms with van der Waals surface area (Å²) in [5, 5.41) is 9.30. The third-order valence-corrected chi connectivity index (χ3v) is 1.96. The van der Waals surface area contributed by atoms with Crippen molar-refractivity contribution < 1.29 is 31.1 Å². The summed E-state index contributed by atoms with van der Waals surface area (Å²) in [7, 11) is 0. The van der Waals surface area contributed by atoms with Crippen molar-refractivity contribution in [1.29, 1.82) is 0 Å². The Hall–Kier alpha value is -0.0581. The van der Waals surface area contributed by atoms with Crippen LogP contribution in [-0.2, 0) is 6.42 Å². The van der Waals surface area contributed by atoms with Crippen LogP contribution in [0.25, 0.3) is 5.41 Å². The molecule has 0 atom stereocenters. The number of benzene rings is 1. The first kappa shape index (κ1) is 9.03. The van der Waals surface area contributed by atoms with Crippen LogP contribution in [-0.4, -0.2) is 5.71 Å². The van der Waals surface area contributed by atoms with E-state index in [9.17, 15) is 5.41 Å². The van der Waals surface area contributed by atoms with Crippen LogP contribution >= 0.6 is 0 Å². The maximum absolute atomic E-state index is 9.30. The van der Waals surface area contributed by atoms with E-state index in [1.165, 1.54) is 5.56 Å². The van der Waals surface area contributed by atoms with Crippen LogP contribution in [0.5, 0.6) is 0 Å². The Morgan fingerprint density at radius 1 is 1.09 bits per heavy atom. The van der Waals surface area contributed by atoms with Gasteiger partial charge in [0.2, 0.25) is 0 Å². The summed E-state index contributed by atoms with van der Waals surface area (Å²) < 4.78 is 0. The van der Waals surface area contributed by atoms with E-state index in [4.69, 9.17) is 0 Å². The minimum Gasteiger partial charge on any atom is -0.807 e. The molecule has 0 unspecified atom stereocenters. The van der Waals surface area contributed by atoms with E-state index in [-0.39, 0.29) is 31.1 Å². The zero-order valence-corrected chi connectivity index (χ0v) is 10.3. The zero-order valence-electron chi connectivity index (χ0n) is 6.17. The Balaban J connectivity index is 0.000000605. The molecule has 0 radical (unpaired) electrons. The molecule has 0 fully saturated rings. The van der Waals surface area contributed by atoms with E-state index in [0.29, 0.717) is 5.71 Å². The van der Waals surface area contributed by atoms with Gasteiger partial charge in [-0.05, 0) is 24.0 Å². The van der Waals surface area contributed by atoms with Crippen molar-refractivity contribution in [1.82, 2.24) is 0 Å². The second kappa shape index (κ2) is 3.56. The first-order chi connectivity index (χ1) is 4.88. The monoisotopic (exact) mass is 368 g/mol. The van der Waals surface area contributed by atoms with Crippen LogP contribution < -0.4 is 0 Å². The molecular weight excluding hydrogens is 360 g/mol. The first-order valence-electron chi connectivity index (χ1n) is 3.51. The van der Waals surface area contributed by atoms with Crippen molar-refractivity contribution in [2.45, 2.75) is 12.8 Å². The average molecular weight is 368 g/mol. The number of rotatable bonds is 0. The summed E-state index contributed by atoms with van der Waals surface area (Å²) in [5.74, 6) is 0. The van der Waals surface area contributed by atoms with E-state index < -0.39 is 0 Å². The molecule has 0 saturated heterocycles. The maximum Gasteiger partial charge on any atom is 0 e. The van der Waals surface area contributed by atoms with Crippen LogP contribution in [0, 0.1) is 31.1 Å². The summed E-state index contributed by atoms with van der Waals surface area (Å²) in [6, 6.07) is 8.01. The molecule has 0 N–H and O–H groups in total. The number of fused-ring (bicyclic) bond motifs is 1. The van der Waals surface area contributed by atoms with Gasteiger partial charge in [-0.25, -0.2) is 0 Å². The number of aryl methyl sites for hydroxylation is 1. The minimum absolute atomic E-state index is 0. The smallest absolute Gasteiger partial charge is 0 e. The van der Waals surface area contributed by atoms with Gasteiger partial charge < -0.3 is 5.41 Å². The Morgan fingerprint density at radius 2 is 1.82 bits per heavy atom. The normalized spacial score (nSPS) is 14.0. The molecule has 1 aromatic carbocycles. The van der Waals surface area contributed by atoms with Crippen molar-refractivity contribution in [3.63, 3.8) is 0 Å².